The number of H-pyrrole nitrogens is 1. The van der Waals surface area contributed by atoms with Gasteiger partial charge in [0.05, 0.1) is 28.6 Å². The van der Waals surface area contributed by atoms with Gasteiger partial charge in [-0.05, 0) is 70.1 Å². The number of hydrogen-bond acceptors (Lipinski definition) is 8. The van der Waals surface area contributed by atoms with Gasteiger partial charge in [-0.3, -0.25) is 0 Å². The molecule has 0 aliphatic carbocycles. The van der Waals surface area contributed by atoms with E-state index >= 15 is 0 Å². The van der Waals surface area contributed by atoms with E-state index in [1.807, 2.05) is 19.3 Å². The summed E-state index contributed by atoms with van der Waals surface area (Å²) in [5.41, 5.74) is 2.28. The highest BCUT2D eigenvalue weighted by Gasteiger charge is 2.26. The van der Waals surface area contributed by atoms with Crippen molar-refractivity contribution in [3.05, 3.63) is 48.5 Å². The Labute approximate surface area is 212 Å². The van der Waals surface area contributed by atoms with E-state index in [1.54, 1.807) is 34.8 Å². The van der Waals surface area contributed by atoms with Crippen LogP contribution in [0.3, 0.4) is 0 Å². The average molecular weight is 512 g/mol. The highest BCUT2D eigenvalue weighted by molar-refractivity contribution is 7.89. The molecule has 2 fully saturated rings. The largest absolute Gasteiger partial charge is 0.378 e. The number of nitrogens with zero attached hydrogens (tertiary/aromatic N) is 5. The topological polar surface area (TPSA) is 116 Å². The van der Waals surface area contributed by atoms with Gasteiger partial charge in [-0.1, -0.05) is 0 Å². The second-order valence-corrected chi connectivity index (χ2v) is 11.5. The minimum absolute atomic E-state index is 0.236. The number of anilines is 2. The molecule has 0 bridgehead atoms. The molecule has 2 atom stereocenters. The van der Waals surface area contributed by atoms with Crippen molar-refractivity contribution in [2.24, 2.45) is 0 Å². The number of hydrogen-bond donors (Lipinski definition) is 2. The Morgan fingerprint density at radius 2 is 1.92 bits per heavy atom. The maximum Gasteiger partial charge on any atom is 0.243 e. The second-order valence-electron chi connectivity index (χ2n) is 9.56. The van der Waals surface area contributed by atoms with E-state index in [-0.39, 0.29) is 6.10 Å². The summed E-state index contributed by atoms with van der Waals surface area (Å²) >= 11 is 0. The van der Waals surface area contributed by atoms with Crippen LogP contribution in [-0.4, -0.2) is 83.5 Å². The molecule has 2 unspecified atom stereocenters. The van der Waals surface area contributed by atoms with Gasteiger partial charge in [-0.25, -0.2) is 23.4 Å². The number of nitrogens with one attached hydrogen (secondary N) is 2. The van der Waals surface area contributed by atoms with Crippen molar-refractivity contribution < 1.29 is 13.2 Å². The zero-order chi connectivity index (χ0) is 25.1. The first kappa shape index (κ1) is 24.8. The van der Waals surface area contributed by atoms with E-state index < -0.39 is 10.0 Å². The molecular formula is C25H33N7O3S. The Morgan fingerprint density at radius 3 is 2.72 bits per heavy atom. The molecule has 2 aliphatic rings. The van der Waals surface area contributed by atoms with Crippen molar-refractivity contribution in [3.8, 4) is 11.4 Å². The van der Waals surface area contributed by atoms with Crippen molar-refractivity contribution in [1.82, 2.24) is 29.1 Å². The quantitative estimate of drug-likeness (QED) is 0.518. The number of likely N-dealkylation sites (N-methyl/N-ethyl adjacent to an activating group) is 1. The van der Waals surface area contributed by atoms with Gasteiger partial charge in [0.25, 0.3) is 0 Å². The van der Waals surface area contributed by atoms with Crippen LogP contribution in [0.1, 0.15) is 37.9 Å². The van der Waals surface area contributed by atoms with Crippen LogP contribution in [-0.2, 0) is 14.8 Å². The van der Waals surface area contributed by atoms with E-state index in [0.29, 0.717) is 35.5 Å². The summed E-state index contributed by atoms with van der Waals surface area (Å²) < 4.78 is 33.4. The molecule has 0 radical (unpaired) electrons. The second kappa shape index (κ2) is 10.6. The Balaban J connectivity index is 1.27. The molecule has 4 heterocycles. The molecule has 2 N–H and O–H groups in total. The number of imidazole rings is 1. The number of aromatic amines is 1. The molecule has 2 saturated heterocycles. The van der Waals surface area contributed by atoms with Crippen LogP contribution in [0.25, 0.3) is 11.4 Å². The smallest absolute Gasteiger partial charge is 0.243 e. The van der Waals surface area contributed by atoms with Crippen molar-refractivity contribution >= 4 is 21.7 Å². The third kappa shape index (κ3) is 5.59. The van der Waals surface area contributed by atoms with Crippen molar-refractivity contribution in [2.75, 3.05) is 45.2 Å². The van der Waals surface area contributed by atoms with E-state index in [1.165, 1.54) is 0 Å². The molecule has 5 rings (SSSR count). The number of sulfonamides is 1. The SMILES string of the molecule is CC1CC(c2ncc(-c3ccnc(Nc4ccc(S(=O)(=O)N5CCCN(C)CC5)cc4)n3)[nH]2)CCO1. The van der Waals surface area contributed by atoms with Gasteiger partial charge < -0.3 is 19.9 Å². The summed E-state index contributed by atoms with van der Waals surface area (Å²) in [6.45, 7) is 5.52. The molecule has 0 amide bonds. The maximum absolute atomic E-state index is 13.1. The molecule has 0 spiro atoms. The lowest BCUT2D eigenvalue weighted by atomic mass is 9.96. The first-order valence-corrected chi connectivity index (χ1v) is 13.9. The third-order valence-corrected chi connectivity index (χ3v) is 8.74. The fourth-order valence-electron chi connectivity index (χ4n) is 4.74. The van der Waals surface area contributed by atoms with Crippen molar-refractivity contribution in [3.63, 3.8) is 0 Å². The van der Waals surface area contributed by atoms with Gasteiger partial charge in [0.1, 0.15) is 5.82 Å². The van der Waals surface area contributed by atoms with Gasteiger partial charge >= 0.3 is 0 Å². The van der Waals surface area contributed by atoms with Crippen LogP contribution in [0, 0.1) is 0 Å². The molecule has 10 nitrogen and oxygen atoms in total. The number of ether oxygens (including phenoxy) is 1. The highest BCUT2D eigenvalue weighted by atomic mass is 32.2. The van der Waals surface area contributed by atoms with Gasteiger partial charge in [-0.2, -0.15) is 4.31 Å². The Morgan fingerprint density at radius 1 is 1.08 bits per heavy atom. The Kier molecular flexibility index (Phi) is 7.33. The molecule has 1 aromatic carbocycles. The van der Waals surface area contributed by atoms with E-state index in [0.717, 1.165) is 56.2 Å². The lowest BCUT2D eigenvalue weighted by Crippen LogP contribution is -2.34. The third-order valence-electron chi connectivity index (χ3n) is 6.83. The summed E-state index contributed by atoms with van der Waals surface area (Å²) in [5, 5.41) is 3.18. The van der Waals surface area contributed by atoms with Crippen LogP contribution in [0.15, 0.2) is 47.6 Å². The zero-order valence-corrected chi connectivity index (χ0v) is 21.5. The normalized spacial score (nSPS) is 22.3. The fraction of sp³-hybridized carbons (Fsp3) is 0.480. The number of aromatic nitrogens is 4. The summed E-state index contributed by atoms with van der Waals surface area (Å²) in [5.74, 6) is 1.74. The van der Waals surface area contributed by atoms with Crippen molar-refractivity contribution in [2.45, 2.75) is 43.1 Å². The van der Waals surface area contributed by atoms with Gasteiger partial charge in [0, 0.05) is 44.0 Å². The van der Waals surface area contributed by atoms with Gasteiger partial charge in [-0.15, -0.1) is 0 Å². The predicted molar refractivity (Wildman–Crippen MR) is 138 cm³/mol. The van der Waals surface area contributed by atoms with Gasteiger partial charge in [0.2, 0.25) is 16.0 Å². The lowest BCUT2D eigenvalue weighted by Gasteiger charge is -2.25. The molecule has 2 aliphatic heterocycles. The molecular weight excluding hydrogens is 478 g/mol. The van der Waals surface area contributed by atoms with Crippen LogP contribution in [0.2, 0.25) is 0 Å². The Bertz CT molecular complexity index is 1280. The van der Waals surface area contributed by atoms with E-state index in [4.69, 9.17) is 4.74 Å². The molecule has 3 aromatic rings. The summed E-state index contributed by atoms with van der Waals surface area (Å²) in [6.07, 6.45) is 6.46. The zero-order valence-electron chi connectivity index (χ0n) is 20.7. The summed E-state index contributed by atoms with van der Waals surface area (Å²) in [4.78, 5) is 19.4. The van der Waals surface area contributed by atoms with E-state index in [9.17, 15) is 8.42 Å². The van der Waals surface area contributed by atoms with Crippen LogP contribution in [0.4, 0.5) is 11.6 Å². The van der Waals surface area contributed by atoms with Crippen LogP contribution in [0.5, 0.6) is 0 Å². The maximum atomic E-state index is 13.1. The van der Waals surface area contributed by atoms with Crippen LogP contribution >= 0.6 is 0 Å². The summed E-state index contributed by atoms with van der Waals surface area (Å²) in [6, 6.07) is 8.59. The molecule has 36 heavy (non-hydrogen) atoms. The number of rotatable bonds is 6. The first-order chi connectivity index (χ1) is 17.4. The van der Waals surface area contributed by atoms with Crippen LogP contribution < -0.4 is 5.32 Å². The Hall–Kier alpha value is -2.86. The molecule has 11 heteroatoms. The molecule has 192 valence electrons. The first-order valence-electron chi connectivity index (χ1n) is 12.4. The predicted octanol–water partition coefficient (Wildman–Crippen LogP) is 3.22. The average Bonchev–Trinajstić information content (AvgIpc) is 3.27. The minimum Gasteiger partial charge on any atom is -0.378 e. The standard InChI is InChI=1S/C25H33N7O3S/c1-18-16-19(9-15-35-18)24-27-17-23(29-24)22-8-10-26-25(30-22)28-20-4-6-21(7-5-20)36(33,34)32-12-3-11-31(2)13-14-32/h4-8,10,17-19H,3,9,11-16H2,1-2H3,(H,27,29)(H,26,28,30). The highest BCUT2D eigenvalue weighted by Crippen LogP contribution is 2.29. The van der Waals surface area contributed by atoms with E-state index in [2.05, 4.69) is 37.1 Å². The van der Waals surface area contributed by atoms with Crippen molar-refractivity contribution in [1.29, 1.82) is 0 Å². The number of benzene rings is 1. The lowest BCUT2D eigenvalue weighted by molar-refractivity contribution is 0.0174. The monoisotopic (exact) mass is 511 g/mol. The minimum atomic E-state index is -3.52. The molecule has 0 saturated carbocycles. The van der Waals surface area contributed by atoms with Gasteiger partial charge in [0.15, 0.2) is 0 Å². The summed E-state index contributed by atoms with van der Waals surface area (Å²) in [7, 11) is -1.50. The molecule has 2 aromatic heterocycles. The fourth-order valence-corrected chi connectivity index (χ4v) is 6.21.